The third-order valence-corrected chi connectivity index (χ3v) is 4.82. The average molecular weight is 359 g/mol. The maximum atomic E-state index is 12.6. The normalized spacial score (nSPS) is 17.9. The van der Waals surface area contributed by atoms with E-state index in [1.165, 1.54) is 11.8 Å². The van der Waals surface area contributed by atoms with Crippen LogP contribution >= 0.6 is 23.4 Å². The fourth-order valence-corrected chi connectivity index (χ4v) is 3.49. The molecule has 1 amide bonds. The zero-order chi connectivity index (χ0) is 17.1. The molecule has 2 aromatic carbocycles. The highest BCUT2D eigenvalue weighted by Gasteiger charge is 2.32. The van der Waals surface area contributed by atoms with Crippen LogP contribution in [-0.2, 0) is 4.79 Å². The quantitative estimate of drug-likeness (QED) is 0.811. The van der Waals surface area contributed by atoms with Gasteiger partial charge in [0.15, 0.2) is 5.17 Å². The van der Waals surface area contributed by atoms with Crippen LogP contribution in [0.15, 0.2) is 58.4 Å². The number of aromatic hydroxyl groups is 1. The fourth-order valence-electron chi connectivity index (χ4n) is 2.27. The predicted octanol–water partition coefficient (Wildman–Crippen LogP) is 4.67. The van der Waals surface area contributed by atoms with Gasteiger partial charge in [-0.1, -0.05) is 41.9 Å². The van der Waals surface area contributed by atoms with Crippen LogP contribution in [0.1, 0.15) is 12.5 Å². The first kappa shape index (κ1) is 16.6. The number of thioether (sulfide) groups is 1. The van der Waals surface area contributed by atoms with Crippen molar-refractivity contribution in [1.82, 2.24) is 4.90 Å². The third-order valence-electron chi connectivity index (χ3n) is 3.50. The molecule has 0 bridgehead atoms. The third kappa shape index (κ3) is 3.32. The van der Waals surface area contributed by atoms with E-state index in [1.807, 2.05) is 25.1 Å². The summed E-state index contributed by atoms with van der Waals surface area (Å²) >= 11 is 7.43. The Kier molecular flexibility index (Phi) is 4.92. The van der Waals surface area contributed by atoms with Gasteiger partial charge in [-0.3, -0.25) is 9.69 Å². The van der Waals surface area contributed by atoms with Gasteiger partial charge in [-0.25, -0.2) is 4.99 Å². The lowest BCUT2D eigenvalue weighted by molar-refractivity contribution is -0.122. The second-order valence-electron chi connectivity index (χ2n) is 5.06. The number of carbonyl (C=O) groups is 1. The summed E-state index contributed by atoms with van der Waals surface area (Å²) in [5, 5.41) is 11.0. The van der Waals surface area contributed by atoms with Gasteiger partial charge in [0.25, 0.3) is 5.91 Å². The van der Waals surface area contributed by atoms with Crippen LogP contribution in [0.4, 0.5) is 5.69 Å². The molecule has 3 rings (SSSR count). The zero-order valence-corrected chi connectivity index (χ0v) is 14.5. The Morgan fingerprint density at radius 2 is 1.92 bits per heavy atom. The van der Waals surface area contributed by atoms with E-state index in [2.05, 4.69) is 4.99 Å². The summed E-state index contributed by atoms with van der Waals surface area (Å²) in [4.78, 5) is 19.2. The molecule has 0 unspecified atom stereocenters. The molecule has 24 heavy (non-hydrogen) atoms. The van der Waals surface area contributed by atoms with Gasteiger partial charge in [0.05, 0.1) is 15.6 Å². The first-order chi connectivity index (χ1) is 11.6. The summed E-state index contributed by atoms with van der Waals surface area (Å²) in [6.45, 7) is 2.40. The molecular formula is C18H15ClN2O2S. The molecule has 1 fully saturated rings. The Morgan fingerprint density at radius 3 is 2.62 bits per heavy atom. The van der Waals surface area contributed by atoms with Gasteiger partial charge in [0.1, 0.15) is 5.75 Å². The van der Waals surface area contributed by atoms with E-state index in [4.69, 9.17) is 11.6 Å². The van der Waals surface area contributed by atoms with Crippen LogP contribution in [-0.4, -0.2) is 27.6 Å². The number of benzene rings is 2. The zero-order valence-electron chi connectivity index (χ0n) is 12.9. The number of phenols is 1. The summed E-state index contributed by atoms with van der Waals surface area (Å²) in [7, 11) is 0. The molecule has 122 valence electrons. The van der Waals surface area contributed by atoms with Crippen molar-refractivity contribution in [3.8, 4) is 5.75 Å². The number of hydrogen-bond donors (Lipinski definition) is 1. The minimum absolute atomic E-state index is 0.128. The van der Waals surface area contributed by atoms with E-state index in [9.17, 15) is 9.90 Å². The van der Waals surface area contributed by atoms with Crippen molar-refractivity contribution < 1.29 is 9.90 Å². The average Bonchev–Trinajstić information content (AvgIpc) is 2.87. The molecular weight excluding hydrogens is 344 g/mol. The second kappa shape index (κ2) is 7.11. The van der Waals surface area contributed by atoms with E-state index >= 15 is 0 Å². The van der Waals surface area contributed by atoms with Crippen molar-refractivity contribution in [2.24, 2.45) is 4.99 Å². The van der Waals surface area contributed by atoms with Crippen LogP contribution in [0.5, 0.6) is 5.75 Å². The monoisotopic (exact) mass is 358 g/mol. The lowest BCUT2D eigenvalue weighted by Crippen LogP contribution is -2.28. The smallest absolute Gasteiger partial charge is 0.266 e. The summed E-state index contributed by atoms with van der Waals surface area (Å²) in [6.07, 6.45) is 1.68. The Labute approximate surface area is 149 Å². The number of amides is 1. The summed E-state index contributed by atoms with van der Waals surface area (Å²) in [5.74, 6) is 0.00879. The van der Waals surface area contributed by atoms with Gasteiger partial charge in [-0.2, -0.15) is 0 Å². The van der Waals surface area contributed by atoms with Crippen molar-refractivity contribution in [3.63, 3.8) is 0 Å². The maximum Gasteiger partial charge on any atom is 0.266 e. The molecule has 1 saturated heterocycles. The highest BCUT2D eigenvalue weighted by molar-refractivity contribution is 8.18. The first-order valence-electron chi connectivity index (χ1n) is 7.42. The molecule has 0 aliphatic carbocycles. The molecule has 0 saturated carbocycles. The number of carbonyl (C=O) groups excluding carboxylic acids is 1. The van der Waals surface area contributed by atoms with Gasteiger partial charge < -0.3 is 5.11 Å². The van der Waals surface area contributed by atoms with Crippen molar-refractivity contribution in [2.45, 2.75) is 6.92 Å². The highest BCUT2D eigenvalue weighted by Crippen LogP contribution is 2.36. The first-order valence-corrected chi connectivity index (χ1v) is 8.62. The van der Waals surface area contributed by atoms with Crippen molar-refractivity contribution >= 4 is 46.2 Å². The molecule has 0 aromatic heterocycles. The Bertz CT molecular complexity index is 848. The van der Waals surface area contributed by atoms with Crippen LogP contribution < -0.4 is 0 Å². The summed E-state index contributed by atoms with van der Waals surface area (Å²) in [5.41, 5.74) is 1.22. The summed E-state index contributed by atoms with van der Waals surface area (Å²) < 4.78 is 0. The van der Waals surface area contributed by atoms with E-state index in [0.29, 0.717) is 32.9 Å². The number of hydrogen-bond acceptors (Lipinski definition) is 4. The lowest BCUT2D eigenvalue weighted by Gasteiger charge is -2.12. The number of likely N-dealkylation sites (N-methyl/N-ethyl adjacent to an activating group) is 1. The Balaban J connectivity index is 1.98. The minimum atomic E-state index is -0.128. The Morgan fingerprint density at radius 1 is 1.21 bits per heavy atom. The largest absolute Gasteiger partial charge is 0.507 e. The number of para-hydroxylation sites is 2. The van der Waals surface area contributed by atoms with Crippen molar-refractivity contribution in [2.75, 3.05) is 6.54 Å². The number of aliphatic imine (C=N–C) groups is 1. The van der Waals surface area contributed by atoms with Crippen LogP contribution in [0.3, 0.4) is 0 Å². The molecule has 4 nitrogen and oxygen atoms in total. The van der Waals surface area contributed by atoms with E-state index < -0.39 is 0 Å². The van der Waals surface area contributed by atoms with E-state index in [-0.39, 0.29) is 11.7 Å². The Hall–Kier alpha value is -2.24. The fraction of sp³-hybridized carbons (Fsp3) is 0.111. The highest BCUT2D eigenvalue weighted by atomic mass is 35.5. The molecule has 1 aliphatic rings. The van der Waals surface area contributed by atoms with Crippen LogP contribution in [0, 0.1) is 0 Å². The van der Waals surface area contributed by atoms with Crippen LogP contribution in [0.25, 0.3) is 6.08 Å². The van der Waals surface area contributed by atoms with Crippen molar-refractivity contribution in [1.29, 1.82) is 0 Å². The van der Waals surface area contributed by atoms with E-state index in [1.54, 1.807) is 41.3 Å². The van der Waals surface area contributed by atoms with Gasteiger partial charge in [-0.05, 0) is 43.0 Å². The molecule has 2 aromatic rings. The predicted molar refractivity (Wildman–Crippen MR) is 99.6 cm³/mol. The molecule has 1 heterocycles. The van der Waals surface area contributed by atoms with Gasteiger partial charge in [0.2, 0.25) is 0 Å². The van der Waals surface area contributed by atoms with E-state index in [0.717, 1.165) is 0 Å². The molecule has 1 aliphatic heterocycles. The maximum absolute atomic E-state index is 12.6. The lowest BCUT2D eigenvalue weighted by atomic mass is 10.2. The number of rotatable bonds is 3. The number of amidine groups is 1. The second-order valence-corrected chi connectivity index (χ2v) is 6.48. The SMILES string of the molecule is CCN1C(=O)/C(=C\c2ccccc2O)SC1=Nc1ccccc1Cl. The van der Waals surface area contributed by atoms with Crippen molar-refractivity contribution in [3.05, 3.63) is 64.0 Å². The molecule has 1 N–H and O–H groups in total. The topological polar surface area (TPSA) is 52.9 Å². The molecule has 0 spiro atoms. The van der Waals surface area contributed by atoms with Gasteiger partial charge >= 0.3 is 0 Å². The molecule has 0 radical (unpaired) electrons. The van der Waals surface area contributed by atoms with Gasteiger partial charge in [0, 0.05) is 12.1 Å². The molecule has 6 heteroatoms. The number of halogens is 1. The number of nitrogens with zero attached hydrogens (tertiary/aromatic N) is 2. The van der Waals surface area contributed by atoms with Crippen LogP contribution in [0.2, 0.25) is 5.02 Å². The summed E-state index contributed by atoms with van der Waals surface area (Å²) in [6, 6.07) is 14.1. The standard InChI is InChI=1S/C18H15ClN2O2S/c1-2-21-17(23)16(11-12-7-3-6-10-15(12)22)24-18(21)20-14-9-5-4-8-13(14)19/h3-11,22H,2H2,1H3/b16-11+,20-18?. The minimum Gasteiger partial charge on any atom is -0.507 e. The molecule has 0 atom stereocenters. The van der Waals surface area contributed by atoms with Gasteiger partial charge in [-0.15, -0.1) is 0 Å². The number of phenolic OH excluding ortho intramolecular Hbond substituents is 1.